The minimum absolute atomic E-state index is 0.391. The van der Waals surface area contributed by atoms with Gasteiger partial charge in [0.15, 0.2) is 0 Å². The van der Waals surface area contributed by atoms with E-state index in [4.69, 9.17) is 13.9 Å². The summed E-state index contributed by atoms with van der Waals surface area (Å²) in [7, 11) is 3.18. The van der Waals surface area contributed by atoms with Crippen molar-refractivity contribution < 1.29 is 13.9 Å². The maximum atomic E-state index is 5.61. The van der Waals surface area contributed by atoms with E-state index in [1.165, 1.54) is 0 Å². The van der Waals surface area contributed by atoms with Gasteiger partial charge in [0.05, 0.1) is 20.8 Å². The predicted molar refractivity (Wildman–Crippen MR) is 70.2 cm³/mol. The van der Waals surface area contributed by atoms with Gasteiger partial charge < -0.3 is 19.2 Å². The second-order valence-electron chi connectivity index (χ2n) is 3.82. The van der Waals surface area contributed by atoms with Crippen molar-refractivity contribution in [2.24, 2.45) is 0 Å². The summed E-state index contributed by atoms with van der Waals surface area (Å²) in [6, 6.07) is 5.50. The molecule has 2 aromatic rings. The molecule has 0 saturated heterocycles. The molecular weight excluding hydrogens is 246 g/mol. The number of nitrogens with zero attached hydrogens (tertiary/aromatic N) is 2. The molecule has 0 amide bonds. The number of benzene rings is 1. The molecule has 1 aromatic heterocycles. The van der Waals surface area contributed by atoms with Gasteiger partial charge in [-0.3, -0.25) is 0 Å². The fourth-order valence-corrected chi connectivity index (χ4v) is 1.72. The molecule has 1 N–H and O–H groups in total. The van der Waals surface area contributed by atoms with Crippen LogP contribution in [0, 0.1) is 0 Å². The molecule has 0 bridgehead atoms. The van der Waals surface area contributed by atoms with Gasteiger partial charge in [0.2, 0.25) is 5.89 Å². The highest BCUT2D eigenvalue weighted by molar-refractivity contribution is 5.70. The standard InChI is InChI=1S/C13H17N3O3/c1-4-14-8-11-15-16-13(19-11)12-9(17-2)6-5-7-10(12)18-3/h5-7,14H,4,8H2,1-3H3. The molecule has 0 saturated carbocycles. The van der Waals surface area contributed by atoms with Crippen LogP contribution >= 0.6 is 0 Å². The smallest absolute Gasteiger partial charge is 0.255 e. The van der Waals surface area contributed by atoms with E-state index in [1.54, 1.807) is 14.2 Å². The Bertz CT molecular complexity index is 517. The molecule has 0 radical (unpaired) electrons. The van der Waals surface area contributed by atoms with Gasteiger partial charge in [-0.2, -0.15) is 0 Å². The number of ether oxygens (including phenoxy) is 2. The Morgan fingerprint density at radius 1 is 1.16 bits per heavy atom. The van der Waals surface area contributed by atoms with E-state index in [9.17, 15) is 0 Å². The van der Waals surface area contributed by atoms with E-state index in [0.29, 0.717) is 35.4 Å². The van der Waals surface area contributed by atoms with Crippen LogP contribution in [0.15, 0.2) is 22.6 Å². The van der Waals surface area contributed by atoms with Gasteiger partial charge in [-0.05, 0) is 18.7 Å². The first-order chi connectivity index (χ1) is 9.30. The Morgan fingerprint density at radius 3 is 2.42 bits per heavy atom. The van der Waals surface area contributed by atoms with Crippen molar-refractivity contribution in [3.8, 4) is 23.0 Å². The monoisotopic (exact) mass is 263 g/mol. The zero-order chi connectivity index (χ0) is 13.7. The van der Waals surface area contributed by atoms with Crippen LogP contribution in [0.1, 0.15) is 12.8 Å². The summed E-state index contributed by atoms with van der Waals surface area (Å²) in [6.45, 7) is 3.40. The maximum Gasteiger partial charge on any atom is 0.255 e. The number of methoxy groups -OCH3 is 2. The van der Waals surface area contributed by atoms with Gasteiger partial charge in [0, 0.05) is 0 Å². The summed E-state index contributed by atoms with van der Waals surface area (Å²) in [5.41, 5.74) is 0.669. The number of hydrogen-bond donors (Lipinski definition) is 1. The third-order valence-corrected chi connectivity index (χ3v) is 2.63. The topological polar surface area (TPSA) is 69.4 Å². The highest BCUT2D eigenvalue weighted by atomic mass is 16.5. The average molecular weight is 263 g/mol. The molecule has 19 heavy (non-hydrogen) atoms. The van der Waals surface area contributed by atoms with Gasteiger partial charge in [-0.1, -0.05) is 13.0 Å². The highest BCUT2D eigenvalue weighted by Gasteiger charge is 2.18. The molecule has 0 unspecified atom stereocenters. The molecule has 102 valence electrons. The lowest BCUT2D eigenvalue weighted by Gasteiger charge is -2.09. The Morgan fingerprint density at radius 2 is 1.84 bits per heavy atom. The summed E-state index contributed by atoms with van der Waals surface area (Å²) < 4.78 is 16.2. The molecule has 0 aliphatic heterocycles. The van der Waals surface area contributed by atoms with Crippen LogP contribution in [0.3, 0.4) is 0 Å². The van der Waals surface area contributed by atoms with Crippen LogP contribution in [-0.4, -0.2) is 31.0 Å². The number of hydrogen-bond acceptors (Lipinski definition) is 6. The van der Waals surface area contributed by atoms with E-state index in [-0.39, 0.29) is 0 Å². The predicted octanol–water partition coefficient (Wildman–Crippen LogP) is 1.86. The Kier molecular flexibility index (Phi) is 4.35. The average Bonchev–Trinajstić information content (AvgIpc) is 2.92. The van der Waals surface area contributed by atoms with Crippen LogP contribution in [0.2, 0.25) is 0 Å². The summed E-state index contributed by atoms with van der Waals surface area (Å²) in [6.07, 6.45) is 0. The van der Waals surface area contributed by atoms with E-state index >= 15 is 0 Å². The normalized spacial score (nSPS) is 10.5. The lowest BCUT2D eigenvalue weighted by Crippen LogP contribution is -2.11. The minimum Gasteiger partial charge on any atom is -0.496 e. The molecule has 0 aliphatic carbocycles. The van der Waals surface area contributed by atoms with Crippen molar-refractivity contribution >= 4 is 0 Å². The van der Waals surface area contributed by atoms with E-state index in [1.807, 2.05) is 25.1 Å². The summed E-state index contributed by atoms with van der Waals surface area (Å²) in [4.78, 5) is 0. The molecule has 2 rings (SSSR count). The van der Waals surface area contributed by atoms with E-state index in [0.717, 1.165) is 6.54 Å². The summed E-state index contributed by atoms with van der Waals surface area (Å²) in [5.74, 6) is 2.20. The molecule has 0 spiro atoms. The molecule has 6 nitrogen and oxygen atoms in total. The third-order valence-electron chi connectivity index (χ3n) is 2.63. The van der Waals surface area contributed by atoms with Gasteiger partial charge in [-0.25, -0.2) is 0 Å². The Hall–Kier alpha value is -2.08. The van der Waals surface area contributed by atoms with Crippen molar-refractivity contribution in [3.63, 3.8) is 0 Å². The van der Waals surface area contributed by atoms with Crippen molar-refractivity contribution in [1.82, 2.24) is 15.5 Å². The lowest BCUT2D eigenvalue weighted by atomic mass is 10.2. The largest absolute Gasteiger partial charge is 0.496 e. The molecule has 6 heteroatoms. The molecule has 0 aliphatic rings. The number of rotatable bonds is 6. The molecule has 0 atom stereocenters. The fourth-order valence-electron chi connectivity index (χ4n) is 1.72. The molecule has 1 aromatic carbocycles. The minimum atomic E-state index is 0.391. The Balaban J connectivity index is 2.37. The van der Waals surface area contributed by atoms with E-state index < -0.39 is 0 Å². The Labute approximate surface area is 111 Å². The quantitative estimate of drug-likeness (QED) is 0.858. The van der Waals surface area contributed by atoms with Crippen LogP contribution in [0.25, 0.3) is 11.5 Å². The van der Waals surface area contributed by atoms with Crippen LogP contribution in [0.5, 0.6) is 11.5 Å². The second kappa shape index (κ2) is 6.19. The first kappa shape index (κ1) is 13.4. The zero-order valence-electron chi connectivity index (χ0n) is 11.3. The summed E-state index contributed by atoms with van der Waals surface area (Å²) in [5, 5.41) is 11.2. The van der Waals surface area contributed by atoms with Crippen molar-refractivity contribution in [1.29, 1.82) is 0 Å². The highest BCUT2D eigenvalue weighted by Crippen LogP contribution is 2.37. The van der Waals surface area contributed by atoms with Crippen LogP contribution in [0.4, 0.5) is 0 Å². The van der Waals surface area contributed by atoms with Crippen LogP contribution < -0.4 is 14.8 Å². The van der Waals surface area contributed by atoms with Gasteiger partial charge in [0.25, 0.3) is 5.89 Å². The first-order valence-corrected chi connectivity index (χ1v) is 6.04. The SMILES string of the molecule is CCNCc1nnc(-c2c(OC)cccc2OC)o1. The first-order valence-electron chi connectivity index (χ1n) is 6.04. The second-order valence-corrected chi connectivity index (χ2v) is 3.82. The third kappa shape index (κ3) is 2.85. The van der Waals surface area contributed by atoms with Crippen molar-refractivity contribution in [3.05, 3.63) is 24.1 Å². The zero-order valence-corrected chi connectivity index (χ0v) is 11.3. The molecule has 1 heterocycles. The molecular formula is C13H17N3O3. The maximum absolute atomic E-state index is 5.61. The van der Waals surface area contributed by atoms with Gasteiger partial charge >= 0.3 is 0 Å². The molecule has 0 fully saturated rings. The van der Waals surface area contributed by atoms with Gasteiger partial charge in [0.1, 0.15) is 17.1 Å². The van der Waals surface area contributed by atoms with Crippen molar-refractivity contribution in [2.45, 2.75) is 13.5 Å². The van der Waals surface area contributed by atoms with E-state index in [2.05, 4.69) is 15.5 Å². The van der Waals surface area contributed by atoms with Gasteiger partial charge in [-0.15, -0.1) is 10.2 Å². The van der Waals surface area contributed by atoms with Crippen molar-refractivity contribution in [2.75, 3.05) is 20.8 Å². The lowest BCUT2D eigenvalue weighted by molar-refractivity contribution is 0.392. The fraction of sp³-hybridized carbons (Fsp3) is 0.385. The number of aromatic nitrogens is 2. The summed E-state index contributed by atoms with van der Waals surface area (Å²) >= 11 is 0. The van der Waals surface area contributed by atoms with Crippen LogP contribution in [-0.2, 0) is 6.54 Å². The number of nitrogens with one attached hydrogen (secondary N) is 1.